The van der Waals surface area contributed by atoms with Gasteiger partial charge >= 0.3 is 0 Å². The fourth-order valence-corrected chi connectivity index (χ4v) is 0.644. The molecule has 3 heteroatoms. The molecule has 3 nitrogen and oxygen atoms in total. The molecule has 0 amide bonds. The topological polar surface area (TPSA) is 49.0 Å². The second-order valence-corrected chi connectivity index (χ2v) is 1.91. The first-order chi connectivity index (χ1) is 5.43. The second-order valence-electron chi connectivity index (χ2n) is 1.91. The Labute approximate surface area is 65.0 Å². The summed E-state index contributed by atoms with van der Waals surface area (Å²) in [6.45, 7) is 0.203. The van der Waals surface area contributed by atoms with Crippen molar-refractivity contribution in [2.24, 2.45) is 4.99 Å². The molecular weight excluding hydrogens is 138 g/mol. The van der Waals surface area contributed by atoms with Gasteiger partial charge in [-0.15, -0.1) is 0 Å². The van der Waals surface area contributed by atoms with Gasteiger partial charge < -0.3 is 0 Å². The lowest BCUT2D eigenvalue weighted by molar-refractivity contribution is 1.24. The van der Waals surface area contributed by atoms with Gasteiger partial charge in [-0.25, -0.2) is 0 Å². The molecule has 0 spiro atoms. The molecular formula is C8H7N3. The zero-order valence-electron chi connectivity index (χ0n) is 5.94. The summed E-state index contributed by atoms with van der Waals surface area (Å²) in [4.78, 5) is 7.72. The Hall–Kier alpha value is -1.69. The molecule has 0 N–H and O–H groups in total. The molecule has 0 fully saturated rings. The van der Waals surface area contributed by atoms with E-state index in [1.54, 1.807) is 18.6 Å². The van der Waals surface area contributed by atoms with Crippen LogP contribution in [-0.2, 0) is 0 Å². The Morgan fingerprint density at radius 1 is 1.73 bits per heavy atom. The maximum Gasteiger partial charge on any atom is 0.126 e. The van der Waals surface area contributed by atoms with E-state index in [-0.39, 0.29) is 6.54 Å². The van der Waals surface area contributed by atoms with E-state index >= 15 is 0 Å². The number of aliphatic imine (C=N–C) groups is 1. The molecule has 11 heavy (non-hydrogen) atoms. The van der Waals surface area contributed by atoms with Crippen LogP contribution in [0.5, 0.6) is 0 Å². The summed E-state index contributed by atoms with van der Waals surface area (Å²) in [6.07, 6.45) is 5.03. The summed E-state index contributed by atoms with van der Waals surface area (Å²) in [5.74, 6) is 0. The Morgan fingerprint density at radius 2 is 2.64 bits per heavy atom. The highest BCUT2D eigenvalue weighted by molar-refractivity contribution is 5.78. The van der Waals surface area contributed by atoms with Crippen molar-refractivity contribution in [3.8, 4) is 6.07 Å². The van der Waals surface area contributed by atoms with Crippen molar-refractivity contribution >= 4 is 6.21 Å². The third-order valence-corrected chi connectivity index (χ3v) is 1.09. The van der Waals surface area contributed by atoms with E-state index < -0.39 is 0 Å². The second kappa shape index (κ2) is 4.18. The van der Waals surface area contributed by atoms with Gasteiger partial charge in [-0.05, 0) is 6.07 Å². The van der Waals surface area contributed by atoms with E-state index in [9.17, 15) is 0 Å². The number of rotatable bonds is 2. The van der Waals surface area contributed by atoms with E-state index in [1.807, 2.05) is 18.2 Å². The van der Waals surface area contributed by atoms with Crippen molar-refractivity contribution in [2.75, 3.05) is 6.54 Å². The number of nitrogens with zero attached hydrogens (tertiary/aromatic N) is 3. The van der Waals surface area contributed by atoms with Crippen molar-refractivity contribution in [2.45, 2.75) is 0 Å². The van der Waals surface area contributed by atoms with Crippen molar-refractivity contribution in [3.05, 3.63) is 30.1 Å². The molecule has 1 heterocycles. The van der Waals surface area contributed by atoms with Gasteiger partial charge in [0.05, 0.1) is 6.07 Å². The van der Waals surface area contributed by atoms with E-state index in [2.05, 4.69) is 9.98 Å². The fraction of sp³-hybridized carbons (Fsp3) is 0.125. The minimum Gasteiger partial charge on any atom is -0.277 e. The Balaban J connectivity index is 2.59. The summed E-state index contributed by atoms with van der Waals surface area (Å²) < 4.78 is 0. The van der Waals surface area contributed by atoms with Gasteiger partial charge in [0.1, 0.15) is 6.54 Å². The van der Waals surface area contributed by atoms with Gasteiger partial charge in [0.25, 0.3) is 0 Å². The van der Waals surface area contributed by atoms with E-state index in [0.29, 0.717) is 0 Å². The lowest BCUT2D eigenvalue weighted by Crippen LogP contribution is -1.82. The van der Waals surface area contributed by atoms with Crippen LogP contribution in [0.25, 0.3) is 0 Å². The molecule has 0 unspecified atom stereocenters. The molecule has 0 aromatic carbocycles. The van der Waals surface area contributed by atoms with Crippen LogP contribution in [0.1, 0.15) is 5.56 Å². The van der Waals surface area contributed by atoms with Crippen LogP contribution < -0.4 is 0 Å². The number of hydrogen-bond acceptors (Lipinski definition) is 3. The van der Waals surface area contributed by atoms with E-state index in [4.69, 9.17) is 5.26 Å². The van der Waals surface area contributed by atoms with E-state index in [1.165, 1.54) is 0 Å². The summed E-state index contributed by atoms with van der Waals surface area (Å²) >= 11 is 0. The van der Waals surface area contributed by atoms with E-state index in [0.717, 1.165) is 5.56 Å². The lowest BCUT2D eigenvalue weighted by atomic mass is 10.3. The number of hydrogen-bond donors (Lipinski definition) is 0. The Bertz CT molecular complexity index is 271. The van der Waals surface area contributed by atoms with Gasteiger partial charge in [-0.1, -0.05) is 6.07 Å². The quantitative estimate of drug-likeness (QED) is 0.461. The SMILES string of the molecule is N#CCN=Cc1cccnc1. The summed E-state index contributed by atoms with van der Waals surface area (Å²) in [5, 5.41) is 8.16. The highest BCUT2D eigenvalue weighted by atomic mass is 14.7. The van der Waals surface area contributed by atoms with Crippen LogP contribution in [0.15, 0.2) is 29.5 Å². The van der Waals surface area contributed by atoms with Crippen LogP contribution in [0.2, 0.25) is 0 Å². The van der Waals surface area contributed by atoms with Crippen LogP contribution in [0.3, 0.4) is 0 Å². The zero-order chi connectivity index (χ0) is 7.94. The first kappa shape index (κ1) is 7.42. The largest absolute Gasteiger partial charge is 0.277 e. The number of aromatic nitrogens is 1. The third kappa shape index (κ3) is 2.59. The van der Waals surface area contributed by atoms with Crippen molar-refractivity contribution in [1.82, 2.24) is 4.98 Å². The summed E-state index contributed by atoms with van der Waals surface area (Å²) in [6, 6.07) is 5.63. The third-order valence-electron chi connectivity index (χ3n) is 1.09. The summed E-state index contributed by atoms with van der Waals surface area (Å²) in [5.41, 5.74) is 0.919. The number of pyridine rings is 1. The van der Waals surface area contributed by atoms with Crippen LogP contribution >= 0.6 is 0 Å². The van der Waals surface area contributed by atoms with Crippen LogP contribution in [0.4, 0.5) is 0 Å². The predicted octanol–water partition coefficient (Wildman–Crippen LogP) is 1.02. The standard InChI is InChI=1S/C8H7N3/c9-3-5-11-7-8-2-1-4-10-6-8/h1-2,4,6-7H,5H2. The summed E-state index contributed by atoms with van der Waals surface area (Å²) in [7, 11) is 0. The van der Waals surface area contributed by atoms with Gasteiger partial charge in [-0.3, -0.25) is 9.98 Å². The highest BCUT2D eigenvalue weighted by Crippen LogP contribution is 1.89. The maximum atomic E-state index is 8.16. The average molecular weight is 145 g/mol. The normalized spacial score (nSPS) is 9.73. The lowest BCUT2D eigenvalue weighted by Gasteiger charge is -1.86. The minimum atomic E-state index is 0.203. The van der Waals surface area contributed by atoms with Gasteiger partial charge in [0.2, 0.25) is 0 Å². The minimum absolute atomic E-state index is 0.203. The average Bonchev–Trinajstić information content (AvgIpc) is 2.07. The first-order valence-corrected chi connectivity index (χ1v) is 3.20. The molecule has 0 aliphatic rings. The van der Waals surface area contributed by atoms with Gasteiger partial charge in [0.15, 0.2) is 0 Å². The molecule has 1 aromatic heterocycles. The molecule has 54 valence electrons. The maximum absolute atomic E-state index is 8.16. The Kier molecular flexibility index (Phi) is 2.82. The molecule has 0 atom stereocenters. The molecule has 0 aliphatic carbocycles. The molecule has 0 saturated heterocycles. The van der Waals surface area contributed by atoms with Crippen molar-refractivity contribution in [3.63, 3.8) is 0 Å². The first-order valence-electron chi connectivity index (χ1n) is 3.20. The molecule has 0 bridgehead atoms. The van der Waals surface area contributed by atoms with Crippen molar-refractivity contribution in [1.29, 1.82) is 5.26 Å². The number of nitriles is 1. The molecule has 1 rings (SSSR count). The van der Waals surface area contributed by atoms with Crippen LogP contribution in [-0.4, -0.2) is 17.7 Å². The zero-order valence-corrected chi connectivity index (χ0v) is 5.94. The van der Waals surface area contributed by atoms with Gasteiger partial charge in [-0.2, -0.15) is 5.26 Å². The molecule has 1 aromatic rings. The molecule has 0 aliphatic heterocycles. The Morgan fingerprint density at radius 3 is 3.27 bits per heavy atom. The van der Waals surface area contributed by atoms with Crippen molar-refractivity contribution < 1.29 is 0 Å². The highest BCUT2D eigenvalue weighted by Gasteiger charge is 1.82. The fourth-order valence-electron chi connectivity index (χ4n) is 0.644. The smallest absolute Gasteiger partial charge is 0.126 e. The monoisotopic (exact) mass is 145 g/mol. The van der Waals surface area contributed by atoms with Gasteiger partial charge in [0, 0.05) is 24.2 Å². The molecule has 0 radical (unpaired) electrons. The molecule has 0 saturated carbocycles. The predicted molar refractivity (Wildman–Crippen MR) is 42.3 cm³/mol. The van der Waals surface area contributed by atoms with Crippen LogP contribution in [0, 0.1) is 11.3 Å².